The minimum absolute atomic E-state index is 0.311. The van der Waals surface area contributed by atoms with Crippen molar-refractivity contribution in [2.75, 3.05) is 13.2 Å². The molecule has 1 aliphatic rings. The van der Waals surface area contributed by atoms with Crippen molar-refractivity contribution < 1.29 is 5.11 Å². The summed E-state index contributed by atoms with van der Waals surface area (Å²) in [5, 5.41) is 12.7. The first kappa shape index (κ1) is 12.6. The van der Waals surface area contributed by atoms with Crippen molar-refractivity contribution in [2.45, 2.75) is 32.7 Å². The van der Waals surface area contributed by atoms with Crippen molar-refractivity contribution in [3.05, 3.63) is 35.4 Å². The van der Waals surface area contributed by atoms with E-state index in [9.17, 15) is 0 Å². The summed E-state index contributed by atoms with van der Waals surface area (Å²) in [6.07, 6.45) is 2.33. The highest BCUT2D eigenvalue weighted by Crippen LogP contribution is 2.30. The standard InChI is InChI=1S/C15H23NO/c1-11-3-5-14(6-4-11)15-8-13(9-16-15)7-12(2)10-17/h3-6,12-13,15-17H,7-10H2,1-2H3. The third kappa shape index (κ3) is 3.30. The fourth-order valence-corrected chi connectivity index (χ4v) is 2.68. The van der Waals surface area contributed by atoms with Crippen molar-refractivity contribution in [1.29, 1.82) is 0 Å². The number of hydrogen-bond acceptors (Lipinski definition) is 2. The molecule has 1 aromatic rings. The number of rotatable bonds is 4. The summed E-state index contributed by atoms with van der Waals surface area (Å²) < 4.78 is 0. The Labute approximate surface area is 104 Å². The molecule has 0 bridgehead atoms. The van der Waals surface area contributed by atoms with Crippen molar-refractivity contribution in [1.82, 2.24) is 5.32 Å². The van der Waals surface area contributed by atoms with Crippen LogP contribution < -0.4 is 5.32 Å². The molecule has 17 heavy (non-hydrogen) atoms. The van der Waals surface area contributed by atoms with Crippen LogP contribution in [0.4, 0.5) is 0 Å². The molecule has 1 aliphatic heterocycles. The van der Waals surface area contributed by atoms with E-state index in [1.165, 1.54) is 17.5 Å². The first-order valence-electron chi connectivity index (χ1n) is 6.60. The zero-order valence-corrected chi connectivity index (χ0v) is 10.8. The number of aryl methyl sites for hydroxylation is 1. The van der Waals surface area contributed by atoms with Gasteiger partial charge >= 0.3 is 0 Å². The molecule has 0 aliphatic carbocycles. The maximum absolute atomic E-state index is 9.09. The molecule has 2 heteroatoms. The minimum atomic E-state index is 0.311. The van der Waals surface area contributed by atoms with Gasteiger partial charge in [0.1, 0.15) is 0 Å². The normalized spacial score (nSPS) is 26.1. The second-order valence-corrected chi connectivity index (χ2v) is 5.50. The molecule has 1 saturated heterocycles. The second-order valence-electron chi connectivity index (χ2n) is 5.50. The lowest BCUT2D eigenvalue weighted by molar-refractivity contribution is 0.214. The smallest absolute Gasteiger partial charge is 0.0456 e. The zero-order valence-electron chi connectivity index (χ0n) is 10.8. The maximum Gasteiger partial charge on any atom is 0.0456 e. The van der Waals surface area contributed by atoms with Crippen molar-refractivity contribution in [3.8, 4) is 0 Å². The molecule has 1 aromatic carbocycles. The lowest BCUT2D eigenvalue weighted by Gasteiger charge is -2.14. The Hall–Kier alpha value is -0.860. The molecule has 1 heterocycles. The first-order chi connectivity index (χ1) is 8.19. The number of aliphatic hydroxyl groups excluding tert-OH is 1. The maximum atomic E-state index is 9.09. The Kier molecular flexibility index (Phi) is 4.19. The second kappa shape index (κ2) is 5.65. The lowest BCUT2D eigenvalue weighted by Crippen LogP contribution is -2.15. The van der Waals surface area contributed by atoms with Gasteiger partial charge in [0.25, 0.3) is 0 Å². The molecule has 0 amide bonds. The van der Waals surface area contributed by atoms with E-state index in [1.807, 2.05) is 0 Å². The third-order valence-electron chi connectivity index (χ3n) is 3.75. The van der Waals surface area contributed by atoms with Crippen LogP contribution in [0.15, 0.2) is 24.3 Å². The first-order valence-corrected chi connectivity index (χ1v) is 6.60. The van der Waals surface area contributed by atoms with Gasteiger partial charge in [-0.1, -0.05) is 36.8 Å². The number of nitrogens with one attached hydrogen (secondary N) is 1. The molecule has 0 radical (unpaired) electrons. The largest absolute Gasteiger partial charge is 0.396 e. The van der Waals surface area contributed by atoms with Crippen LogP contribution in [0.1, 0.15) is 36.9 Å². The van der Waals surface area contributed by atoms with Crippen LogP contribution in [0.2, 0.25) is 0 Å². The Morgan fingerprint density at radius 2 is 2.06 bits per heavy atom. The number of benzene rings is 1. The molecule has 2 rings (SSSR count). The molecular weight excluding hydrogens is 210 g/mol. The summed E-state index contributed by atoms with van der Waals surface area (Å²) in [7, 11) is 0. The number of aliphatic hydroxyl groups is 1. The fraction of sp³-hybridized carbons (Fsp3) is 0.600. The molecule has 0 aromatic heterocycles. The molecule has 0 saturated carbocycles. The minimum Gasteiger partial charge on any atom is -0.396 e. The highest BCUT2D eigenvalue weighted by molar-refractivity contribution is 5.24. The van der Waals surface area contributed by atoms with Gasteiger partial charge in [0, 0.05) is 12.6 Å². The third-order valence-corrected chi connectivity index (χ3v) is 3.75. The quantitative estimate of drug-likeness (QED) is 0.838. The monoisotopic (exact) mass is 233 g/mol. The van der Waals surface area contributed by atoms with Gasteiger partial charge < -0.3 is 10.4 Å². The van der Waals surface area contributed by atoms with E-state index in [1.54, 1.807) is 0 Å². The average molecular weight is 233 g/mol. The Morgan fingerprint density at radius 1 is 1.35 bits per heavy atom. The molecular formula is C15H23NO. The average Bonchev–Trinajstić information content (AvgIpc) is 2.78. The molecule has 2 nitrogen and oxygen atoms in total. The van der Waals surface area contributed by atoms with E-state index < -0.39 is 0 Å². The Balaban J connectivity index is 1.91. The summed E-state index contributed by atoms with van der Waals surface area (Å²) in [4.78, 5) is 0. The van der Waals surface area contributed by atoms with Gasteiger partial charge in [-0.15, -0.1) is 0 Å². The van der Waals surface area contributed by atoms with E-state index in [0.717, 1.165) is 13.0 Å². The number of hydrogen-bond donors (Lipinski definition) is 2. The van der Waals surface area contributed by atoms with Crippen LogP contribution in [0.3, 0.4) is 0 Å². The zero-order chi connectivity index (χ0) is 12.3. The van der Waals surface area contributed by atoms with E-state index in [2.05, 4.69) is 43.4 Å². The van der Waals surface area contributed by atoms with Gasteiger partial charge in [-0.25, -0.2) is 0 Å². The van der Waals surface area contributed by atoms with Gasteiger partial charge in [0.15, 0.2) is 0 Å². The molecule has 94 valence electrons. The predicted octanol–water partition coefficient (Wildman–Crippen LogP) is 2.66. The summed E-state index contributed by atoms with van der Waals surface area (Å²) in [5.74, 6) is 1.14. The fourth-order valence-electron chi connectivity index (χ4n) is 2.68. The van der Waals surface area contributed by atoms with Gasteiger partial charge in [-0.2, -0.15) is 0 Å². The summed E-state index contributed by atoms with van der Waals surface area (Å²) in [5.41, 5.74) is 2.71. The Morgan fingerprint density at radius 3 is 2.71 bits per heavy atom. The van der Waals surface area contributed by atoms with E-state index in [4.69, 9.17) is 5.11 Å². The van der Waals surface area contributed by atoms with Crippen molar-refractivity contribution >= 4 is 0 Å². The Bertz CT molecular complexity index is 346. The van der Waals surface area contributed by atoms with Gasteiger partial charge in [-0.05, 0) is 43.7 Å². The molecule has 2 N–H and O–H groups in total. The SMILES string of the molecule is Cc1ccc(C2CC(CC(C)CO)CN2)cc1. The van der Waals surface area contributed by atoms with Gasteiger partial charge in [-0.3, -0.25) is 0 Å². The summed E-state index contributed by atoms with van der Waals surface area (Å²) >= 11 is 0. The van der Waals surface area contributed by atoms with Crippen LogP contribution in [0.25, 0.3) is 0 Å². The van der Waals surface area contributed by atoms with Crippen molar-refractivity contribution in [3.63, 3.8) is 0 Å². The molecule has 3 unspecified atom stereocenters. The van der Waals surface area contributed by atoms with Gasteiger partial charge in [0.05, 0.1) is 0 Å². The molecule has 1 fully saturated rings. The highest BCUT2D eigenvalue weighted by Gasteiger charge is 2.26. The van der Waals surface area contributed by atoms with Crippen LogP contribution in [-0.4, -0.2) is 18.3 Å². The summed E-state index contributed by atoms with van der Waals surface area (Å²) in [6, 6.07) is 9.32. The van der Waals surface area contributed by atoms with E-state index in [-0.39, 0.29) is 0 Å². The topological polar surface area (TPSA) is 32.3 Å². The van der Waals surface area contributed by atoms with Crippen LogP contribution >= 0.6 is 0 Å². The highest BCUT2D eigenvalue weighted by atomic mass is 16.3. The van der Waals surface area contributed by atoms with Crippen LogP contribution in [0.5, 0.6) is 0 Å². The molecule has 3 atom stereocenters. The van der Waals surface area contributed by atoms with E-state index in [0.29, 0.717) is 24.5 Å². The van der Waals surface area contributed by atoms with E-state index >= 15 is 0 Å². The van der Waals surface area contributed by atoms with Gasteiger partial charge in [0.2, 0.25) is 0 Å². The molecule has 0 spiro atoms. The van der Waals surface area contributed by atoms with Crippen LogP contribution in [0, 0.1) is 18.8 Å². The van der Waals surface area contributed by atoms with Crippen LogP contribution in [-0.2, 0) is 0 Å². The lowest BCUT2D eigenvalue weighted by atomic mass is 9.92. The predicted molar refractivity (Wildman–Crippen MR) is 70.9 cm³/mol. The van der Waals surface area contributed by atoms with Crippen molar-refractivity contribution in [2.24, 2.45) is 11.8 Å². The summed E-state index contributed by atoms with van der Waals surface area (Å²) in [6.45, 7) is 5.64.